The average Bonchev–Trinajstić information content (AvgIpc) is 2.35. The molecular weight excluding hydrogens is 252 g/mol. The number of hydrogen-bond acceptors (Lipinski definition) is 4. The first kappa shape index (κ1) is 12.4. The van der Waals surface area contributed by atoms with Crippen LogP contribution in [0.2, 0.25) is 0 Å². The Morgan fingerprint density at radius 3 is 2.67 bits per heavy atom. The zero-order valence-electron chi connectivity index (χ0n) is 9.66. The van der Waals surface area contributed by atoms with Gasteiger partial charge in [0, 0.05) is 18.1 Å². The minimum Gasteiger partial charge on any atom is -0.508 e. The standard InChI is InChI=1S/C12H12N2O3S/c1-9-7-10(4-5-12(9)15)14-18(16,17)11-3-2-6-13-8-11/h2-8,14-15H,1H3. The van der Waals surface area contributed by atoms with Gasteiger partial charge >= 0.3 is 0 Å². The number of phenols is 1. The fourth-order valence-corrected chi connectivity index (χ4v) is 2.45. The molecule has 0 unspecified atom stereocenters. The van der Waals surface area contributed by atoms with E-state index in [1.54, 1.807) is 19.1 Å². The number of phenolic OH excluding ortho intramolecular Hbond substituents is 1. The van der Waals surface area contributed by atoms with E-state index in [9.17, 15) is 13.5 Å². The van der Waals surface area contributed by atoms with Crippen molar-refractivity contribution < 1.29 is 13.5 Å². The number of anilines is 1. The summed E-state index contributed by atoms with van der Waals surface area (Å²) in [6, 6.07) is 7.51. The number of sulfonamides is 1. The van der Waals surface area contributed by atoms with Crippen LogP contribution < -0.4 is 4.72 Å². The molecule has 1 aromatic heterocycles. The van der Waals surface area contributed by atoms with E-state index in [2.05, 4.69) is 9.71 Å². The number of aryl methyl sites for hydroxylation is 1. The van der Waals surface area contributed by atoms with Crippen molar-refractivity contribution in [1.82, 2.24) is 4.98 Å². The third-order valence-corrected chi connectivity index (χ3v) is 3.76. The van der Waals surface area contributed by atoms with Crippen molar-refractivity contribution in [2.75, 3.05) is 4.72 Å². The number of aromatic nitrogens is 1. The molecule has 0 fully saturated rings. The largest absolute Gasteiger partial charge is 0.508 e. The van der Waals surface area contributed by atoms with Crippen LogP contribution in [0.1, 0.15) is 5.56 Å². The lowest BCUT2D eigenvalue weighted by molar-refractivity contribution is 0.471. The first-order chi connectivity index (χ1) is 8.49. The van der Waals surface area contributed by atoms with Crippen molar-refractivity contribution in [3.05, 3.63) is 48.3 Å². The van der Waals surface area contributed by atoms with Crippen molar-refractivity contribution in [2.45, 2.75) is 11.8 Å². The maximum Gasteiger partial charge on any atom is 0.263 e. The fraction of sp³-hybridized carbons (Fsp3) is 0.0833. The summed E-state index contributed by atoms with van der Waals surface area (Å²) in [5.41, 5.74) is 0.996. The summed E-state index contributed by atoms with van der Waals surface area (Å²) in [4.78, 5) is 3.86. The highest BCUT2D eigenvalue weighted by Gasteiger charge is 2.14. The van der Waals surface area contributed by atoms with Crippen LogP contribution in [0.4, 0.5) is 5.69 Å². The first-order valence-corrected chi connectivity index (χ1v) is 6.70. The number of nitrogens with zero attached hydrogens (tertiary/aromatic N) is 1. The van der Waals surface area contributed by atoms with Gasteiger partial charge in [0.05, 0.1) is 0 Å². The van der Waals surface area contributed by atoms with Crippen LogP contribution in [-0.4, -0.2) is 18.5 Å². The molecule has 0 aliphatic heterocycles. The van der Waals surface area contributed by atoms with Crippen molar-refractivity contribution in [3.63, 3.8) is 0 Å². The van der Waals surface area contributed by atoms with Crippen LogP contribution in [0.15, 0.2) is 47.6 Å². The first-order valence-electron chi connectivity index (χ1n) is 5.21. The number of nitrogens with one attached hydrogen (secondary N) is 1. The van der Waals surface area contributed by atoms with Crippen molar-refractivity contribution in [1.29, 1.82) is 0 Å². The van der Waals surface area contributed by atoms with Crippen LogP contribution in [-0.2, 0) is 10.0 Å². The zero-order valence-corrected chi connectivity index (χ0v) is 10.5. The number of aromatic hydroxyl groups is 1. The van der Waals surface area contributed by atoms with E-state index in [0.29, 0.717) is 11.3 Å². The van der Waals surface area contributed by atoms with Gasteiger partial charge in [-0.25, -0.2) is 8.42 Å². The molecule has 0 bridgehead atoms. The van der Waals surface area contributed by atoms with Crippen LogP contribution in [0.3, 0.4) is 0 Å². The van der Waals surface area contributed by atoms with Gasteiger partial charge in [-0.3, -0.25) is 9.71 Å². The smallest absolute Gasteiger partial charge is 0.263 e. The molecule has 1 aromatic carbocycles. The van der Waals surface area contributed by atoms with Crippen molar-refractivity contribution in [3.8, 4) is 5.75 Å². The normalized spacial score (nSPS) is 11.2. The maximum absolute atomic E-state index is 12.0. The van der Waals surface area contributed by atoms with Gasteiger partial charge in [-0.15, -0.1) is 0 Å². The Labute approximate surface area is 105 Å². The molecule has 6 heteroatoms. The van der Waals surface area contributed by atoms with Crippen LogP contribution in [0.25, 0.3) is 0 Å². The molecule has 0 saturated carbocycles. The Morgan fingerprint density at radius 1 is 1.28 bits per heavy atom. The summed E-state index contributed by atoms with van der Waals surface area (Å²) in [7, 11) is -3.64. The molecule has 5 nitrogen and oxygen atoms in total. The summed E-state index contributed by atoms with van der Waals surface area (Å²) < 4.78 is 26.4. The number of hydrogen-bond donors (Lipinski definition) is 2. The second-order valence-corrected chi connectivity index (χ2v) is 5.48. The van der Waals surface area contributed by atoms with Crippen molar-refractivity contribution in [2.24, 2.45) is 0 Å². The monoisotopic (exact) mass is 264 g/mol. The van der Waals surface area contributed by atoms with Gasteiger partial charge < -0.3 is 5.11 Å². The summed E-state index contributed by atoms with van der Waals surface area (Å²) in [5.74, 6) is 0.124. The summed E-state index contributed by atoms with van der Waals surface area (Å²) >= 11 is 0. The minimum absolute atomic E-state index is 0.0933. The summed E-state index contributed by atoms with van der Waals surface area (Å²) in [6.45, 7) is 1.69. The van der Waals surface area contributed by atoms with Gasteiger partial charge in [0.25, 0.3) is 10.0 Å². The minimum atomic E-state index is -3.64. The number of rotatable bonds is 3. The lowest BCUT2D eigenvalue weighted by Gasteiger charge is -2.08. The highest BCUT2D eigenvalue weighted by atomic mass is 32.2. The third-order valence-electron chi connectivity index (χ3n) is 2.39. The van der Waals surface area contributed by atoms with Gasteiger partial charge in [-0.05, 0) is 42.8 Å². The molecule has 0 atom stereocenters. The Bertz CT molecular complexity index is 654. The molecule has 1 heterocycles. The van der Waals surface area contributed by atoms with Crippen molar-refractivity contribution >= 4 is 15.7 Å². The Kier molecular flexibility index (Phi) is 3.20. The molecule has 2 rings (SSSR count). The highest BCUT2D eigenvalue weighted by Crippen LogP contribution is 2.22. The molecule has 0 aliphatic carbocycles. The maximum atomic E-state index is 12.0. The Morgan fingerprint density at radius 2 is 2.06 bits per heavy atom. The van der Waals surface area contributed by atoms with E-state index < -0.39 is 10.0 Å². The average molecular weight is 264 g/mol. The zero-order chi connectivity index (χ0) is 13.2. The van der Waals surface area contributed by atoms with Gasteiger partial charge in [-0.2, -0.15) is 0 Å². The molecule has 94 valence electrons. The number of pyridine rings is 1. The molecule has 0 spiro atoms. The van der Waals surface area contributed by atoms with Gasteiger partial charge in [0.15, 0.2) is 0 Å². The highest BCUT2D eigenvalue weighted by molar-refractivity contribution is 7.92. The Balaban J connectivity index is 2.31. The van der Waals surface area contributed by atoms with E-state index in [1.165, 1.54) is 30.6 Å². The predicted molar refractivity (Wildman–Crippen MR) is 67.9 cm³/mol. The topological polar surface area (TPSA) is 79.3 Å². The molecule has 18 heavy (non-hydrogen) atoms. The lowest BCUT2D eigenvalue weighted by atomic mass is 10.2. The van der Waals surface area contributed by atoms with Gasteiger partial charge in [0.1, 0.15) is 10.6 Å². The van der Waals surface area contributed by atoms with E-state index in [4.69, 9.17) is 0 Å². The van der Waals surface area contributed by atoms with Gasteiger partial charge in [-0.1, -0.05) is 0 Å². The molecule has 0 aliphatic rings. The van der Waals surface area contributed by atoms with Gasteiger partial charge in [0.2, 0.25) is 0 Å². The predicted octanol–water partition coefficient (Wildman–Crippen LogP) is 1.90. The molecular formula is C12H12N2O3S. The summed E-state index contributed by atoms with van der Waals surface area (Å²) in [5, 5.41) is 9.37. The van der Waals surface area contributed by atoms with E-state index in [1.807, 2.05) is 0 Å². The molecule has 0 radical (unpaired) electrons. The van der Waals surface area contributed by atoms with E-state index >= 15 is 0 Å². The second-order valence-electron chi connectivity index (χ2n) is 3.80. The quantitative estimate of drug-likeness (QED) is 0.830. The SMILES string of the molecule is Cc1cc(NS(=O)(=O)c2cccnc2)ccc1O. The summed E-state index contributed by atoms with van der Waals surface area (Å²) in [6.07, 6.45) is 2.78. The van der Waals surface area contributed by atoms with E-state index in [-0.39, 0.29) is 10.6 Å². The molecule has 0 saturated heterocycles. The Hall–Kier alpha value is -2.08. The van der Waals surface area contributed by atoms with Crippen LogP contribution in [0.5, 0.6) is 5.75 Å². The molecule has 2 aromatic rings. The molecule has 0 amide bonds. The second kappa shape index (κ2) is 4.66. The van der Waals surface area contributed by atoms with E-state index in [0.717, 1.165) is 0 Å². The molecule has 2 N–H and O–H groups in total. The fourth-order valence-electron chi connectivity index (χ4n) is 1.44. The van der Waals surface area contributed by atoms with Crippen LogP contribution >= 0.6 is 0 Å². The lowest BCUT2D eigenvalue weighted by Crippen LogP contribution is -2.13. The third kappa shape index (κ3) is 2.60. The number of benzene rings is 1. The van der Waals surface area contributed by atoms with Crippen LogP contribution in [0, 0.1) is 6.92 Å².